The SMILES string of the molecule is COc1ccc(N2C(=O)CCCC2=O)cc1S(=O)(=O)Nc1ccc(Cl)c(Cl)c1. The summed E-state index contributed by atoms with van der Waals surface area (Å²) < 4.78 is 33.4. The number of sulfonamides is 1. The molecule has 0 spiro atoms. The Morgan fingerprint density at radius 2 is 1.68 bits per heavy atom. The topological polar surface area (TPSA) is 92.8 Å². The van der Waals surface area contributed by atoms with Crippen molar-refractivity contribution >= 4 is 56.4 Å². The first kappa shape index (κ1) is 20.4. The molecule has 0 bridgehead atoms. The van der Waals surface area contributed by atoms with E-state index in [2.05, 4.69) is 4.72 Å². The number of anilines is 2. The summed E-state index contributed by atoms with van der Waals surface area (Å²) in [6.45, 7) is 0. The summed E-state index contributed by atoms with van der Waals surface area (Å²) in [4.78, 5) is 25.1. The number of amides is 2. The molecule has 7 nitrogen and oxygen atoms in total. The van der Waals surface area contributed by atoms with Crippen LogP contribution in [0.2, 0.25) is 10.0 Å². The Kier molecular flexibility index (Phi) is 5.83. The van der Waals surface area contributed by atoms with Crippen molar-refractivity contribution in [2.75, 3.05) is 16.7 Å². The molecule has 28 heavy (non-hydrogen) atoms. The highest BCUT2D eigenvalue weighted by Crippen LogP contribution is 2.33. The number of imide groups is 1. The van der Waals surface area contributed by atoms with E-state index in [0.29, 0.717) is 6.42 Å². The third kappa shape index (κ3) is 4.09. The van der Waals surface area contributed by atoms with Gasteiger partial charge in [0.15, 0.2) is 0 Å². The zero-order valence-electron chi connectivity index (χ0n) is 14.7. The zero-order valence-corrected chi connectivity index (χ0v) is 17.1. The van der Waals surface area contributed by atoms with E-state index >= 15 is 0 Å². The molecule has 0 aliphatic carbocycles. The number of methoxy groups -OCH3 is 1. The molecule has 3 rings (SSSR count). The second-order valence-corrected chi connectivity index (χ2v) is 8.51. The van der Waals surface area contributed by atoms with Crippen molar-refractivity contribution in [2.45, 2.75) is 24.2 Å². The summed E-state index contributed by atoms with van der Waals surface area (Å²) in [5, 5.41) is 0.471. The predicted octanol–water partition coefficient (Wildman–Crippen LogP) is 3.85. The number of hydrogen-bond donors (Lipinski definition) is 1. The van der Waals surface area contributed by atoms with Gasteiger partial charge in [-0.05, 0) is 42.8 Å². The first-order chi connectivity index (χ1) is 13.2. The van der Waals surface area contributed by atoms with Gasteiger partial charge < -0.3 is 4.74 Å². The molecule has 1 heterocycles. The molecule has 10 heteroatoms. The summed E-state index contributed by atoms with van der Waals surface area (Å²) in [5.41, 5.74) is 0.372. The Balaban J connectivity index is 2.02. The van der Waals surface area contributed by atoms with Crippen molar-refractivity contribution in [3.8, 4) is 5.75 Å². The van der Waals surface area contributed by atoms with Gasteiger partial charge in [-0.1, -0.05) is 23.2 Å². The molecule has 148 valence electrons. The van der Waals surface area contributed by atoms with Crippen molar-refractivity contribution < 1.29 is 22.7 Å². The number of halogens is 2. The lowest BCUT2D eigenvalue weighted by molar-refractivity contribution is -0.129. The van der Waals surface area contributed by atoms with Gasteiger partial charge in [-0.2, -0.15) is 0 Å². The van der Waals surface area contributed by atoms with E-state index in [9.17, 15) is 18.0 Å². The highest BCUT2D eigenvalue weighted by atomic mass is 35.5. The van der Waals surface area contributed by atoms with Gasteiger partial charge in [0, 0.05) is 12.8 Å². The minimum absolute atomic E-state index is 0.0632. The summed E-state index contributed by atoms with van der Waals surface area (Å²) >= 11 is 11.8. The van der Waals surface area contributed by atoms with Crippen molar-refractivity contribution in [3.63, 3.8) is 0 Å². The van der Waals surface area contributed by atoms with Crippen LogP contribution >= 0.6 is 23.2 Å². The molecule has 0 radical (unpaired) electrons. The van der Waals surface area contributed by atoms with E-state index in [4.69, 9.17) is 27.9 Å². The van der Waals surface area contributed by atoms with Crippen LogP contribution in [0.25, 0.3) is 0 Å². The van der Waals surface area contributed by atoms with Gasteiger partial charge in [0.2, 0.25) is 11.8 Å². The normalized spacial score (nSPS) is 14.9. The molecule has 0 unspecified atom stereocenters. The number of hydrogen-bond acceptors (Lipinski definition) is 5. The lowest BCUT2D eigenvalue weighted by Crippen LogP contribution is -2.40. The molecule has 0 saturated carbocycles. The molecule has 0 aromatic heterocycles. The van der Waals surface area contributed by atoms with Gasteiger partial charge in [-0.15, -0.1) is 0 Å². The number of rotatable bonds is 5. The van der Waals surface area contributed by atoms with Gasteiger partial charge in [0.1, 0.15) is 10.6 Å². The molecule has 1 fully saturated rings. The van der Waals surface area contributed by atoms with E-state index in [1.807, 2.05) is 0 Å². The smallest absolute Gasteiger partial charge is 0.265 e. The molecular weight excluding hydrogens is 427 g/mol. The van der Waals surface area contributed by atoms with E-state index in [0.717, 1.165) is 4.90 Å². The van der Waals surface area contributed by atoms with Crippen LogP contribution in [0.15, 0.2) is 41.3 Å². The highest BCUT2D eigenvalue weighted by molar-refractivity contribution is 7.92. The predicted molar refractivity (Wildman–Crippen MR) is 107 cm³/mol. The summed E-state index contributed by atoms with van der Waals surface area (Å²) in [6, 6.07) is 8.39. The van der Waals surface area contributed by atoms with Crippen LogP contribution < -0.4 is 14.4 Å². The van der Waals surface area contributed by atoms with Crippen LogP contribution in [-0.2, 0) is 19.6 Å². The number of piperidine rings is 1. The largest absolute Gasteiger partial charge is 0.495 e. The first-order valence-electron chi connectivity index (χ1n) is 8.24. The molecular formula is C18H16Cl2N2O5S. The van der Waals surface area contributed by atoms with Crippen LogP contribution in [0.3, 0.4) is 0 Å². The average molecular weight is 443 g/mol. The van der Waals surface area contributed by atoms with E-state index < -0.39 is 10.0 Å². The second kappa shape index (κ2) is 7.98. The van der Waals surface area contributed by atoms with E-state index in [1.54, 1.807) is 0 Å². The lowest BCUT2D eigenvalue weighted by atomic mass is 10.1. The van der Waals surface area contributed by atoms with Crippen LogP contribution in [0.4, 0.5) is 11.4 Å². The summed E-state index contributed by atoms with van der Waals surface area (Å²) in [6.07, 6.45) is 0.928. The Morgan fingerprint density at radius 3 is 2.29 bits per heavy atom. The number of benzene rings is 2. The highest BCUT2D eigenvalue weighted by Gasteiger charge is 2.29. The second-order valence-electron chi connectivity index (χ2n) is 6.05. The molecule has 1 saturated heterocycles. The Hall–Kier alpha value is -2.29. The molecule has 1 aliphatic heterocycles. The van der Waals surface area contributed by atoms with E-state index in [-0.39, 0.29) is 56.7 Å². The van der Waals surface area contributed by atoms with Crippen LogP contribution in [-0.4, -0.2) is 27.3 Å². The van der Waals surface area contributed by atoms with Gasteiger partial charge in [-0.25, -0.2) is 8.42 Å². The molecule has 0 atom stereocenters. The molecule has 1 N–H and O–H groups in total. The standard InChI is InChI=1S/C18H16Cl2N2O5S/c1-27-15-8-6-12(22-17(23)3-2-4-18(22)24)10-16(15)28(25,26)21-11-5-7-13(19)14(20)9-11/h5-10,21H,2-4H2,1H3. The third-order valence-electron chi connectivity index (χ3n) is 4.15. The maximum Gasteiger partial charge on any atom is 0.265 e. The van der Waals surface area contributed by atoms with Crippen LogP contribution in [0, 0.1) is 0 Å². The monoisotopic (exact) mass is 442 g/mol. The quantitative estimate of drug-likeness (QED) is 0.709. The van der Waals surface area contributed by atoms with Crippen LogP contribution in [0.1, 0.15) is 19.3 Å². The Morgan fingerprint density at radius 1 is 1.00 bits per heavy atom. The summed E-state index contributed by atoms with van der Waals surface area (Å²) in [5.74, 6) is -0.683. The van der Waals surface area contributed by atoms with Gasteiger partial charge >= 0.3 is 0 Å². The fraction of sp³-hybridized carbons (Fsp3) is 0.222. The van der Waals surface area contributed by atoms with Crippen LogP contribution in [0.5, 0.6) is 5.75 Å². The Labute approximate surface area is 172 Å². The molecule has 2 amide bonds. The average Bonchev–Trinajstić information content (AvgIpc) is 2.64. The fourth-order valence-corrected chi connectivity index (χ4v) is 4.36. The van der Waals surface area contributed by atoms with Gasteiger partial charge in [0.25, 0.3) is 10.0 Å². The molecule has 2 aromatic rings. The Bertz CT molecular complexity index is 1040. The minimum atomic E-state index is -4.11. The molecule has 1 aliphatic rings. The zero-order chi connectivity index (χ0) is 20.5. The number of nitrogens with zero attached hydrogens (tertiary/aromatic N) is 1. The maximum absolute atomic E-state index is 12.9. The first-order valence-corrected chi connectivity index (χ1v) is 10.5. The maximum atomic E-state index is 12.9. The van der Waals surface area contributed by atoms with Gasteiger partial charge in [0.05, 0.1) is 28.5 Å². The van der Waals surface area contributed by atoms with Crippen molar-refractivity contribution in [3.05, 3.63) is 46.4 Å². The van der Waals surface area contributed by atoms with Gasteiger partial charge in [-0.3, -0.25) is 19.2 Å². The minimum Gasteiger partial charge on any atom is -0.495 e. The lowest BCUT2D eigenvalue weighted by Gasteiger charge is -2.25. The number of nitrogens with one attached hydrogen (secondary N) is 1. The van der Waals surface area contributed by atoms with E-state index in [1.165, 1.54) is 43.5 Å². The number of carbonyl (C=O) groups excluding carboxylic acids is 2. The van der Waals surface area contributed by atoms with Crippen molar-refractivity contribution in [1.82, 2.24) is 0 Å². The molecule has 2 aromatic carbocycles. The fourth-order valence-electron chi connectivity index (χ4n) is 2.83. The van der Waals surface area contributed by atoms with Crippen molar-refractivity contribution in [2.24, 2.45) is 0 Å². The summed E-state index contributed by atoms with van der Waals surface area (Å²) in [7, 11) is -2.78. The van der Waals surface area contributed by atoms with Crippen molar-refractivity contribution in [1.29, 1.82) is 0 Å². The third-order valence-corrected chi connectivity index (χ3v) is 6.29. The number of carbonyl (C=O) groups is 2. The number of ether oxygens (including phenoxy) is 1.